The van der Waals surface area contributed by atoms with Crippen LogP contribution >= 0.6 is 7.60 Å². The van der Waals surface area contributed by atoms with E-state index in [0.717, 1.165) is 0 Å². The molecule has 0 saturated heterocycles. The number of hydrogen-bond donors (Lipinski definition) is 3. The molecule has 0 radical (unpaired) electrons. The molecule has 0 amide bonds. The lowest BCUT2D eigenvalue weighted by Crippen LogP contribution is -2.48. The summed E-state index contributed by atoms with van der Waals surface area (Å²) in [6.45, 7) is 8.71. The Hall–Kier alpha value is 0.0700. The summed E-state index contributed by atoms with van der Waals surface area (Å²) in [5.74, 6) is -0.546. The predicted molar refractivity (Wildman–Crippen MR) is 69.1 cm³/mol. The summed E-state index contributed by atoms with van der Waals surface area (Å²) in [6, 6.07) is 0. The van der Waals surface area contributed by atoms with Gasteiger partial charge in [0.2, 0.25) is 0 Å². The van der Waals surface area contributed by atoms with Crippen molar-refractivity contribution in [3.05, 3.63) is 0 Å². The van der Waals surface area contributed by atoms with Crippen molar-refractivity contribution >= 4 is 7.60 Å². The zero-order valence-corrected chi connectivity index (χ0v) is 12.6. The molecule has 18 heavy (non-hydrogen) atoms. The highest BCUT2D eigenvalue weighted by atomic mass is 31.2. The quantitative estimate of drug-likeness (QED) is 0.647. The van der Waals surface area contributed by atoms with Crippen LogP contribution in [-0.4, -0.2) is 32.4 Å². The van der Waals surface area contributed by atoms with Gasteiger partial charge in [-0.25, -0.2) is 0 Å². The second-order valence-corrected chi connectivity index (χ2v) is 7.82. The Balaban J connectivity index is 3.17. The molecule has 3 N–H and O–H groups in total. The molecule has 0 spiro atoms. The van der Waals surface area contributed by atoms with Gasteiger partial charge >= 0.3 is 7.60 Å². The Kier molecular flexibility index (Phi) is 4.37. The molecule has 0 bridgehead atoms. The van der Waals surface area contributed by atoms with Gasteiger partial charge in [-0.05, 0) is 24.2 Å². The molecule has 2 unspecified atom stereocenters. The summed E-state index contributed by atoms with van der Waals surface area (Å²) in [7, 11) is -4.45. The minimum absolute atomic E-state index is 0.130. The Bertz CT molecular complexity index is 336. The van der Waals surface area contributed by atoms with Gasteiger partial charge in [-0.1, -0.05) is 34.6 Å². The van der Waals surface area contributed by atoms with Crippen molar-refractivity contribution in [2.45, 2.75) is 52.0 Å². The van der Waals surface area contributed by atoms with E-state index in [2.05, 4.69) is 0 Å². The Morgan fingerprint density at radius 3 is 1.89 bits per heavy atom. The second kappa shape index (κ2) is 4.88. The van der Waals surface area contributed by atoms with E-state index in [1.54, 1.807) is 27.7 Å². The molecule has 2 atom stereocenters. The molecule has 0 aromatic heterocycles. The lowest BCUT2D eigenvalue weighted by Gasteiger charge is -2.43. The van der Waals surface area contributed by atoms with Crippen LogP contribution in [0.1, 0.15) is 41.0 Å². The molecule has 1 fully saturated rings. The molecule has 0 heterocycles. The van der Waals surface area contributed by atoms with Gasteiger partial charge in [-0.15, -0.1) is 0 Å². The van der Waals surface area contributed by atoms with Crippen LogP contribution in [-0.2, 0) is 9.30 Å². The van der Waals surface area contributed by atoms with Gasteiger partial charge in [0.15, 0.2) is 5.34 Å². The monoisotopic (exact) mass is 280 g/mol. The van der Waals surface area contributed by atoms with Crippen molar-refractivity contribution in [3.8, 4) is 0 Å². The Labute approximate surface area is 109 Å². The predicted octanol–water partition coefficient (Wildman–Crippen LogP) is 1.96. The first-order chi connectivity index (χ1) is 8.03. The number of rotatable bonds is 6. The van der Waals surface area contributed by atoms with Crippen LogP contribution in [0.2, 0.25) is 0 Å². The lowest BCUT2D eigenvalue weighted by molar-refractivity contribution is -0.138. The van der Waals surface area contributed by atoms with Gasteiger partial charge in [0, 0.05) is 0 Å². The fourth-order valence-corrected chi connectivity index (χ4v) is 4.46. The van der Waals surface area contributed by atoms with Gasteiger partial charge < -0.3 is 19.6 Å². The standard InChI is InChI=1S/C12H25O5P/c1-8(2)12(9(3)4,18(14,15)16)17-11(7-13)6-10(11)5/h8-10,13H,6-7H2,1-5H3,(H2,14,15,16). The molecule has 0 aliphatic heterocycles. The van der Waals surface area contributed by atoms with Crippen molar-refractivity contribution in [2.75, 3.05) is 6.61 Å². The minimum Gasteiger partial charge on any atom is -0.393 e. The summed E-state index contributed by atoms with van der Waals surface area (Å²) in [4.78, 5) is 19.5. The fourth-order valence-electron chi connectivity index (χ4n) is 2.81. The van der Waals surface area contributed by atoms with Crippen molar-refractivity contribution in [2.24, 2.45) is 17.8 Å². The molecule has 0 aromatic carbocycles. The van der Waals surface area contributed by atoms with Crippen LogP contribution in [0.15, 0.2) is 0 Å². The van der Waals surface area contributed by atoms with E-state index in [-0.39, 0.29) is 24.4 Å². The molecular weight excluding hydrogens is 255 g/mol. The Morgan fingerprint density at radius 2 is 1.72 bits per heavy atom. The molecule has 6 heteroatoms. The van der Waals surface area contributed by atoms with Crippen LogP contribution in [0.4, 0.5) is 0 Å². The van der Waals surface area contributed by atoms with Gasteiger partial charge in [-0.2, -0.15) is 0 Å². The summed E-state index contributed by atoms with van der Waals surface area (Å²) in [6.07, 6.45) is 0.644. The maximum absolute atomic E-state index is 12.0. The van der Waals surface area contributed by atoms with Gasteiger partial charge in [-0.3, -0.25) is 4.57 Å². The first-order valence-corrected chi connectivity index (χ1v) is 8.01. The van der Waals surface area contributed by atoms with E-state index < -0.39 is 18.5 Å². The van der Waals surface area contributed by atoms with Crippen LogP contribution in [0.3, 0.4) is 0 Å². The van der Waals surface area contributed by atoms with Crippen LogP contribution < -0.4 is 0 Å². The molecule has 1 saturated carbocycles. The van der Waals surface area contributed by atoms with Crippen LogP contribution in [0.25, 0.3) is 0 Å². The third-order valence-electron chi connectivity index (χ3n) is 4.13. The molecule has 0 aromatic rings. The number of hydrogen-bond acceptors (Lipinski definition) is 3. The number of aliphatic hydroxyl groups excluding tert-OH is 1. The van der Waals surface area contributed by atoms with E-state index in [4.69, 9.17) is 4.74 Å². The molecular formula is C12H25O5P. The normalized spacial score (nSPS) is 29.1. The molecule has 1 rings (SSSR count). The maximum Gasteiger partial charge on any atom is 0.357 e. The third kappa shape index (κ3) is 2.39. The highest BCUT2D eigenvalue weighted by Gasteiger charge is 2.63. The highest BCUT2D eigenvalue weighted by molar-refractivity contribution is 7.53. The topological polar surface area (TPSA) is 87.0 Å². The van der Waals surface area contributed by atoms with E-state index in [0.29, 0.717) is 6.42 Å². The minimum atomic E-state index is -4.45. The smallest absolute Gasteiger partial charge is 0.357 e. The summed E-state index contributed by atoms with van der Waals surface area (Å²) in [5.41, 5.74) is -0.782. The van der Waals surface area contributed by atoms with Gasteiger partial charge in [0.05, 0.1) is 12.2 Å². The SMILES string of the molecule is CC1CC1(CO)OC(C(C)C)(C(C)C)P(=O)(O)O. The fraction of sp³-hybridized carbons (Fsp3) is 1.00. The average Bonchev–Trinajstić information content (AvgIpc) is 2.83. The van der Waals surface area contributed by atoms with Gasteiger partial charge in [0.25, 0.3) is 0 Å². The summed E-state index contributed by atoms with van der Waals surface area (Å²) in [5, 5.41) is 7.91. The molecule has 1 aliphatic carbocycles. The summed E-state index contributed by atoms with van der Waals surface area (Å²) >= 11 is 0. The largest absolute Gasteiger partial charge is 0.393 e. The number of ether oxygens (including phenoxy) is 1. The molecule has 5 nitrogen and oxygen atoms in total. The van der Waals surface area contributed by atoms with Crippen molar-refractivity contribution in [1.29, 1.82) is 0 Å². The average molecular weight is 280 g/mol. The number of aliphatic hydroxyl groups is 1. The van der Waals surface area contributed by atoms with Gasteiger partial charge in [0.1, 0.15) is 0 Å². The Morgan fingerprint density at radius 1 is 1.33 bits per heavy atom. The third-order valence-corrected chi connectivity index (χ3v) is 6.17. The first-order valence-electron chi connectivity index (χ1n) is 6.40. The van der Waals surface area contributed by atoms with Crippen molar-refractivity contribution in [1.82, 2.24) is 0 Å². The van der Waals surface area contributed by atoms with Crippen LogP contribution in [0, 0.1) is 17.8 Å². The van der Waals surface area contributed by atoms with E-state index in [9.17, 15) is 19.5 Å². The van der Waals surface area contributed by atoms with E-state index >= 15 is 0 Å². The maximum atomic E-state index is 12.0. The van der Waals surface area contributed by atoms with E-state index in [1.807, 2.05) is 6.92 Å². The van der Waals surface area contributed by atoms with Crippen LogP contribution in [0.5, 0.6) is 0 Å². The zero-order valence-electron chi connectivity index (χ0n) is 11.8. The zero-order chi connectivity index (χ0) is 14.4. The lowest BCUT2D eigenvalue weighted by atomic mass is 9.94. The molecule has 108 valence electrons. The second-order valence-electron chi connectivity index (χ2n) is 6.04. The molecule has 1 aliphatic rings. The van der Waals surface area contributed by atoms with Crippen molar-refractivity contribution < 1.29 is 24.2 Å². The summed E-state index contributed by atoms with van der Waals surface area (Å²) < 4.78 is 17.8. The first kappa shape index (κ1) is 16.1. The van der Waals surface area contributed by atoms with Crippen molar-refractivity contribution in [3.63, 3.8) is 0 Å². The van der Waals surface area contributed by atoms with E-state index in [1.165, 1.54) is 0 Å². The highest BCUT2D eigenvalue weighted by Crippen LogP contribution is 2.63.